The molecule has 1 fully saturated rings. The first kappa shape index (κ1) is 18.0. The van der Waals surface area contributed by atoms with Gasteiger partial charge in [-0.1, -0.05) is 11.6 Å². The smallest absolute Gasteiger partial charge is 0.321 e. The summed E-state index contributed by atoms with van der Waals surface area (Å²) in [4.78, 5) is 21.2. The molecule has 0 saturated carbocycles. The van der Waals surface area contributed by atoms with Gasteiger partial charge in [-0.25, -0.2) is 9.78 Å². The number of amides is 2. The molecule has 1 N–H and O–H groups in total. The maximum Gasteiger partial charge on any atom is 0.321 e. The second-order valence-electron chi connectivity index (χ2n) is 6.30. The van der Waals surface area contributed by atoms with Gasteiger partial charge in [-0.15, -0.1) is 11.3 Å². The van der Waals surface area contributed by atoms with Crippen LogP contribution in [0.5, 0.6) is 0 Å². The lowest BCUT2D eigenvalue weighted by atomic mass is 10.3. The minimum Gasteiger partial charge on any atom is -0.463 e. The summed E-state index contributed by atoms with van der Waals surface area (Å²) in [5, 5.41) is 6.64. The maximum absolute atomic E-state index is 12.4. The van der Waals surface area contributed by atoms with Crippen molar-refractivity contribution in [3.05, 3.63) is 58.1 Å². The van der Waals surface area contributed by atoms with Gasteiger partial charge in [0.05, 0.1) is 12.8 Å². The molecule has 3 heterocycles. The average Bonchev–Trinajstić information content (AvgIpc) is 3.36. The fourth-order valence-corrected chi connectivity index (χ4v) is 3.91. The Hall–Kier alpha value is -2.35. The number of nitrogens with zero attached hydrogens (tertiary/aromatic N) is 3. The molecule has 0 spiro atoms. The molecule has 2 aromatic heterocycles. The fraction of sp³-hybridized carbons (Fsp3) is 0.263. The fourth-order valence-electron chi connectivity index (χ4n) is 2.96. The number of halogens is 1. The number of carbonyl (C=O) groups is 1. The lowest BCUT2D eigenvalue weighted by molar-refractivity contribution is 0.143. The molecule has 0 unspecified atom stereocenters. The van der Waals surface area contributed by atoms with Crippen molar-refractivity contribution >= 4 is 34.7 Å². The molecular formula is C19H19ClN4O2S. The Balaban J connectivity index is 1.27. The maximum atomic E-state index is 12.4. The van der Waals surface area contributed by atoms with Gasteiger partial charge in [-0.05, 0) is 36.4 Å². The van der Waals surface area contributed by atoms with E-state index in [0.29, 0.717) is 18.1 Å². The largest absolute Gasteiger partial charge is 0.463 e. The van der Waals surface area contributed by atoms with Crippen molar-refractivity contribution in [3.8, 4) is 11.5 Å². The summed E-state index contributed by atoms with van der Waals surface area (Å²) < 4.78 is 5.39. The van der Waals surface area contributed by atoms with Crippen LogP contribution in [0.2, 0.25) is 5.02 Å². The quantitative estimate of drug-likeness (QED) is 0.702. The molecule has 1 aliphatic rings. The molecule has 27 heavy (non-hydrogen) atoms. The first-order valence-corrected chi connectivity index (χ1v) is 9.95. The van der Waals surface area contributed by atoms with E-state index < -0.39 is 0 Å². The van der Waals surface area contributed by atoms with E-state index in [1.54, 1.807) is 41.9 Å². The minimum absolute atomic E-state index is 0.0775. The molecule has 1 saturated heterocycles. The molecule has 2 amide bonds. The van der Waals surface area contributed by atoms with Gasteiger partial charge in [0.2, 0.25) is 0 Å². The number of furan rings is 1. The molecular weight excluding hydrogens is 384 g/mol. The highest BCUT2D eigenvalue weighted by Gasteiger charge is 2.22. The Labute approximate surface area is 166 Å². The Bertz CT molecular complexity index is 887. The first-order chi connectivity index (χ1) is 13.2. The number of nitrogens with one attached hydrogen (secondary N) is 1. The van der Waals surface area contributed by atoms with Gasteiger partial charge < -0.3 is 14.6 Å². The summed E-state index contributed by atoms with van der Waals surface area (Å²) in [5.41, 5.74) is 1.63. The Kier molecular flexibility index (Phi) is 5.42. The highest BCUT2D eigenvalue weighted by atomic mass is 35.5. The molecule has 1 aromatic carbocycles. The van der Waals surface area contributed by atoms with Gasteiger partial charge >= 0.3 is 6.03 Å². The summed E-state index contributed by atoms with van der Waals surface area (Å²) in [6.07, 6.45) is 1.66. The summed E-state index contributed by atoms with van der Waals surface area (Å²) in [5.74, 6) is 0.793. The monoisotopic (exact) mass is 402 g/mol. The first-order valence-electron chi connectivity index (χ1n) is 8.69. The second-order valence-corrected chi connectivity index (χ2v) is 7.68. The van der Waals surface area contributed by atoms with E-state index in [-0.39, 0.29) is 6.03 Å². The Morgan fingerprint density at radius 1 is 1.19 bits per heavy atom. The molecule has 8 heteroatoms. The summed E-state index contributed by atoms with van der Waals surface area (Å²) >= 11 is 7.51. The summed E-state index contributed by atoms with van der Waals surface area (Å²) in [6.45, 7) is 3.82. The number of benzene rings is 1. The van der Waals surface area contributed by atoms with E-state index in [0.717, 1.165) is 41.8 Å². The second kappa shape index (κ2) is 8.12. The topological polar surface area (TPSA) is 61.6 Å². The molecule has 6 nitrogen and oxygen atoms in total. The standard InChI is InChI=1S/C19H19ClN4O2S/c20-14-3-5-15(6-4-14)21-19(25)24-9-7-23(8-10-24)12-18-22-16(13-27-18)17-2-1-11-26-17/h1-6,11,13H,7-10,12H2,(H,21,25). The third kappa shape index (κ3) is 4.50. The normalized spacial score (nSPS) is 15.1. The SMILES string of the molecule is O=C(Nc1ccc(Cl)cc1)N1CCN(Cc2nc(-c3ccco3)cs2)CC1. The van der Waals surface area contributed by atoms with E-state index in [1.165, 1.54) is 0 Å². The van der Waals surface area contributed by atoms with E-state index in [2.05, 4.69) is 15.2 Å². The number of hydrogen-bond acceptors (Lipinski definition) is 5. The number of thiazole rings is 1. The van der Waals surface area contributed by atoms with Crippen molar-refractivity contribution in [2.24, 2.45) is 0 Å². The highest BCUT2D eigenvalue weighted by molar-refractivity contribution is 7.09. The van der Waals surface area contributed by atoms with Crippen LogP contribution >= 0.6 is 22.9 Å². The van der Waals surface area contributed by atoms with E-state index in [4.69, 9.17) is 16.0 Å². The van der Waals surface area contributed by atoms with Crippen molar-refractivity contribution in [1.82, 2.24) is 14.8 Å². The zero-order valence-corrected chi connectivity index (χ0v) is 16.2. The van der Waals surface area contributed by atoms with Gasteiger partial charge in [0.25, 0.3) is 0 Å². The third-order valence-corrected chi connectivity index (χ3v) is 5.52. The van der Waals surface area contributed by atoms with Gasteiger partial charge in [0.1, 0.15) is 10.7 Å². The molecule has 0 atom stereocenters. The van der Waals surface area contributed by atoms with E-state index in [1.807, 2.05) is 22.4 Å². The number of anilines is 1. The van der Waals surface area contributed by atoms with Crippen LogP contribution in [0.15, 0.2) is 52.5 Å². The molecule has 1 aliphatic heterocycles. The number of carbonyl (C=O) groups excluding carboxylic acids is 1. The van der Waals surface area contributed by atoms with Crippen LogP contribution in [-0.4, -0.2) is 47.0 Å². The predicted molar refractivity (Wildman–Crippen MR) is 107 cm³/mol. The van der Waals surface area contributed by atoms with Gasteiger partial charge in [-0.2, -0.15) is 0 Å². The number of rotatable bonds is 4. The number of hydrogen-bond donors (Lipinski definition) is 1. The molecule has 0 bridgehead atoms. The van der Waals surface area contributed by atoms with Crippen molar-refractivity contribution in [2.75, 3.05) is 31.5 Å². The molecule has 4 rings (SSSR count). The highest BCUT2D eigenvalue weighted by Crippen LogP contribution is 2.23. The Morgan fingerprint density at radius 2 is 1.96 bits per heavy atom. The van der Waals surface area contributed by atoms with Crippen LogP contribution in [0.25, 0.3) is 11.5 Å². The molecule has 0 radical (unpaired) electrons. The molecule has 140 valence electrons. The number of aromatic nitrogens is 1. The van der Waals surface area contributed by atoms with E-state index in [9.17, 15) is 4.79 Å². The zero-order valence-electron chi connectivity index (χ0n) is 14.6. The van der Waals surface area contributed by atoms with Crippen LogP contribution in [0, 0.1) is 0 Å². The predicted octanol–water partition coefficient (Wildman–Crippen LogP) is 4.41. The van der Waals surface area contributed by atoms with Crippen LogP contribution in [0.3, 0.4) is 0 Å². The van der Waals surface area contributed by atoms with Crippen molar-refractivity contribution in [1.29, 1.82) is 0 Å². The summed E-state index contributed by atoms with van der Waals surface area (Å²) in [7, 11) is 0. The van der Waals surface area contributed by atoms with Crippen molar-refractivity contribution < 1.29 is 9.21 Å². The van der Waals surface area contributed by atoms with E-state index >= 15 is 0 Å². The number of piperazine rings is 1. The lowest BCUT2D eigenvalue weighted by Crippen LogP contribution is -2.49. The zero-order chi connectivity index (χ0) is 18.6. The van der Waals surface area contributed by atoms with Crippen molar-refractivity contribution in [2.45, 2.75) is 6.54 Å². The minimum atomic E-state index is -0.0775. The van der Waals surface area contributed by atoms with Crippen molar-refractivity contribution in [3.63, 3.8) is 0 Å². The van der Waals surface area contributed by atoms with Gasteiger partial charge in [0, 0.05) is 42.3 Å². The Morgan fingerprint density at radius 3 is 2.67 bits per heavy atom. The molecule has 0 aliphatic carbocycles. The lowest BCUT2D eigenvalue weighted by Gasteiger charge is -2.34. The average molecular weight is 403 g/mol. The van der Waals surface area contributed by atoms with Crippen LogP contribution in [-0.2, 0) is 6.54 Å². The third-order valence-electron chi connectivity index (χ3n) is 4.44. The molecule has 3 aromatic rings. The number of urea groups is 1. The van der Waals surface area contributed by atoms with Gasteiger partial charge in [0.15, 0.2) is 5.76 Å². The summed E-state index contributed by atoms with van der Waals surface area (Å²) in [6, 6.07) is 10.8. The van der Waals surface area contributed by atoms with Crippen LogP contribution in [0.1, 0.15) is 5.01 Å². The van der Waals surface area contributed by atoms with Crippen LogP contribution < -0.4 is 5.32 Å². The van der Waals surface area contributed by atoms with Crippen LogP contribution in [0.4, 0.5) is 10.5 Å². The van der Waals surface area contributed by atoms with Gasteiger partial charge in [-0.3, -0.25) is 4.90 Å².